The molecular formula is C32H46O7. The van der Waals surface area contributed by atoms with Gasteiger partial charge in [0.2, 0.25) is 0 Å². The van der Waals surface area contributed by atoms with Gasteiger partial charge in [0.05, 0.1) is 38.1 Å². The fourth-order valence-corrected chi connectivity index (χ4v) is 6.95. The molecule has 2 fully saturated rings. The van der Waals surface area contributed by atoms with Gasteiger partial charge in [-0.05, 0) is 16.5 Å². The van der Waals surface area contributed by atoms with E-state index in [-0.39, 0.29) is 12.7 Å². The molecule has 216 valence electrons. The zero-order chi connectivity index (χ0) is 28.2. The highest BCUT2D eigenvalue weighted by Crippen LogP contribution is 2.70. The van der Waals surface area contributed by atoms with Gasteiger partial charge < -0.3 is 33.5 Å². The minimum Gasteiger partial charge on any atom is -0.389 e. The maximum Gasteiger partial charge on any atom is 0.158 e. The van der Waals surface area contributed by atoms with Crippen molar-refractivity contribution in [3.05, 3.63) is 71.8 Å². The van der Waals surface area contributed by atoms with Crippen LogP contribution in [0.1, 0.15) is 51.2 Å². The van der Waals surface area contributed by atoms with Gasteiger partial charge in [-0.2, -0.15) is 0 Å². The van der Waals surface area contributed by atoms with E-state index in [1.54, 1.807) is 21.3 Å². The summed E-state index contributed by atoms with van der Waals surface area (Å²) in [7, 11) is 4.94. The second kappa shape index (κ2) is 12.4. The zero-order valence-corrected chi connectivity index (χ0v) is 24.4. The Morgan fingerprint density at radius 2 is 1.38 bits per heavy atom. The quantitative estimate of drug-likeness (QED) is 0.342. The molecule has 0 bridgehead atoms. The van der Waals surface area contributed by atoms with Crippen molar-refractivity contribution < 1.29 is 33.5 Å². The van der Waals surface area contributed by atoms with Crippen molar-refractivity contribution in [3.8, 4) is 0 Å². The molecule has 1 saturated heterocycles. The molecule has 1 aliphatic carbocycles. The second-order valence-electron chi connectivity index (χ2n) is 12.1. The van der Waals surface area contributed by atoms with Crippen LogP contribution in [0.5, 0.6) is 0 Å². The van der Waals surface area contributed by atoms with Crippen molar-refractivity contribution in [2.75, 3.05) is 34.5 Å². The van der Waals surface area contributed by atoms with Gasteiger partial charge in [0.15, 0.2) is 12.6 Å². The van der Waals surface area contributed by atoms with Crippen LogP contribution in [-0.2, 0) is 41.6 Å². The van der Waals surface area contributed by atoms with Crippen LogP contribution in [0.25, 0.3) is 0 Å². The van der Waals surface area contributed by atoms with E-state index in [0.717, 1.165) is 11.1 Å². The largest absolute Gasteiger partial charge is 0.389 e. The van der Waals surface area contributed by atoms with E-state index in [9.17, 15) is 5.11 Å². The predicted molar refractivity (Wildman–Crippen MR) is 149 cm³/mol. The Balaban J connectivity index is 1.77. The lowest BCUT2D eigenvalue weighted by molar-refractivity contribution is -0.244. The number of methoxy groups -OCH3 is 3. The van der Waals surface area contributed by atoms with Crippen molar-refractivity contribution in [2.24, 2.45) is 16.2 Å². The first-order valence-corrected chi connectivity index (χ1v) is 13.8. The Hall–Kier alpha value is -1.84. The van der Waals surface area contributed by atoms with Gasteiger partial charge in [0.1, 0.15) is 0 Å². The summed E-state index contributed by atoms with van der Waals surface area (Å²) in [6.07, 6.45) is 0.156. The molecule has 2 unspecified atom stereocenters. The molecule has 0 aromatic heterocycles. The topological polar surface area (TPSA) is 75.6 Å². The SMILES string of the molecule is COC(C[C@]1(COCc2ccccc2)C(O)(C(C)(C)C)C[C@@H]2OC(OC)C[C@@]21COCc1ccccc1)OC. The molecule has 4 rings (SSSR count). The lowest BCUT2D eigenvalue weighted by atomic mass is 9.52. The van der Waals surface area contributed by atoms with Crippen LogP contribution in [0.15, 0.2) is 60.7 Å². The lowest BCUT2D eigenvalue weighted by Crippen LogP contribution is -2.63. The maximum atomic E-state index is 12.9. The summed E-state index contributed by atoms with van der Waals surface area (Å²) in [6, 6.07) is 20.2. The molecule has 7 heteroatoms. The lowest BCUT2D eigenvalue weighted by Gasteiger charge is -2.56. The Morgan fingerprint density at radius 3 is 1.87 bits per heavy atom. The summed E-state index contributed by atoms with van der Waals surface area (Å²) < 4.78 is 36.8. The van der Waals surface area contributed by atoms with Gasteiger partial charge in [0.25, 0.3) is 0 Å². The summed E-state index contributed by atoms with van der Waals surface area (Å²) in [5.74, 6) is 0. The van der Waals surface area contributed by atoms with E-state index in [1.165, 1.54) is 0 Å². The molecule has 2 aromatic rings. The number of ether oxygens (including phenoxy) is 6. The summed E-state index contributed by atoms with van der Waals surface area (Å²) in [4.78, 5) is 0. The predicted octanol–water partition coefficient (Wildman–Crippen LogP) is 5.34. The second-order valence-corrected chi connectivity index (χ2v) is 12.1. The third-order valence-electron chi connectivity index (χ3n) is 9.16. The van der Waals surface area contributed by atoms with Crippen LogP contribution in [-0.4, -0.2) is 63.9 Å². The fourth-order valence-electron chi connectivity index (χ4n) is 6.95. The molecule has 0 spiro atoms. The maximum absolute atomic E-state index is 12.9. The summed E-state index contributed by atoms with van der Waals surface area (Å²) in [5.41, 5.74) is -0.962. The average molecular weight is 543 g/mol. The van der Waals surface area contributed by atoms with Crippen LogP contribution in [0.4, 0.5) is 0 Å². The van der Waals surface area contributed by atoms with Gasteiger partial charge >= 0.3 is 0 Å². The van der Waals surface area contributed by atoms with Gasteiger partial charge in [-0.1, -0.05) is 81.4 Å². The molecule has 1 saturated carbocycles. The first-order chi connectivity index (χ1) is 18.6. The standard InChI is InChI=1S/C32H46O7/c1-29(2,3)32(33)17-26-30(18-28(36-6)39-26,22-37-20-24-13-9-7-10-14-24)31(32,19-27(34-4)35-5)23-38-21-25-15-11-8-12-16-25/h7-16,26-28,33H,17-23H2,1-6H3/t26-,28?,30+,31+,32?/m0/s1. The van der Waals surface area contributed by atoms with E-state index in [4.69, 9.17) is 28.4 Å². The van der Waals surface area contributed by atoms with Crippen LogP contribution in [0.2, 0.25) is 0 Å². The molecule has 1 heterocycles. The highest BCUT2D eigenvalue weighted by atomic mass is 16.7. The van der Waals surface area contributed by atoms with Gasteiger partial charge in [0, 0.05) is 51.4 Å². The third-order valence-corrected chi connectivity index (χ3v) is 9.16. The minimum atomic E-state index is -1.18. The zero-order valence-electron chi connectivity index (χ0n) is 24.4. The molecule has 1 N–H and O–H groups in total. The summed E-state index contributed by atoms with van der Waals surface area (Å²) in [6.45, 7) is 7.79. The Morgan fingerprint density at radius 1 is 0.846 bits per heavy atom. The van der Waals surface area contributed by atoms with E-state index in [0.29, 0.717) is 39.1 Å². The number of fused-ring (bicyclic) bond motifs is 1. The first-order valence-electron chi connectivity index (χ1n) is 13.8. The smallest absolute Gasteiger partial charge is 0.158 e. The molecule has 2 aliphatic rings. The van der Waals surface area contributed by atoms with Crippen LogP contribution in [0.3, 0.4) is 0 Å². The third kappa shape index (κ3) is 5.68. The molecule has 39 heavy (non-hydrogen) atoms. The number of benzene rings is 2. The Kier molecular flexibility index (Phi) is 9.54. The van der Waals surface area contributed by atoms with E-state index < -0.39 is 34.4 Å². The average Bonchev–Trinajstić information content (AvgIpc) is 3.37. The Labute approximate surface area is 233 Å². The van der Waals surface area contributed by atoms with Crippen molar-refractivity contribution in [1.29, 1.82) is 0 Å². The van der Waals surface area contributed by atoms with Gasteiger partial charge in [-0.25, -0.2) is 0 Å². The fraction of sp³-hybridized carbons (Fsp3) is 0.625. The first kappa shape index (κ1) is 30.1. The van der Waals surface area contributed by atoms with Crippen LogP contribution >= 0.6 is 0 Å². The monoisotopic (exact) mass is 542 g/mol. The molecule has 5 atom stereocenters. The molecular weight excluding hydrogens is 496 g/mol. The van der Waals surface area contributed by atoms with Crippen molar-refractivity contribution in [1.82, 2.24) is 0 Å². The summed E-state index contributed by atoms with van der Waals surface area (Å²) in [5, 5.41) is 12.9. The number of hydrogen-bond acceptors (Lipinski definition) is 7. The van der Waals surface area contributed by atoms with E-state index in [2.05, 4.69) is 32.9 Å². The molecule has 0 amide bonds. The van der Waals surface area contributed by atoms with Crippen LogP contribution < -0.4 is 0 Å². The number of rotatable bonds is 13. The van der Waals surface area contributed by atoms with Gasteiger partial charge in [-0.15, -0.1) is 0 Å². The highest BCUT2D eigenvalue weighted by molar-refractivity contribution is 5.25. The van der Waals surface area contributed by atoms with Crippen molar-refractivity contribution in [2.45, 2.75) is 77.5 Å². The molecule has 2 aromatic carbocycles. The Bertz CT molecular complexity index is 1020. The number of hydrogen-bond donors (Lipinski definition) is 1. The number of aliphatic hydroxyl groups is 1. The minimum absolute atomic E-state index is 0.282. The molecule has 7 nitrogen and oxygen atoms in total. The van der Waals surface area contributed by atoms with Gasteiger partial charge in [-0.3, -0.25) is 0 Å². The van der Waals surface area contributed by atoms with Crippen molar-refractivity contribution >= 4 is 0 Å². The van der Waals surface area contributed by atoms with Crippen LogP contribution in [0, 0.1) is 16.2 Å². The normalized spacial score (nSPS) is 30.7. The molecule has 1 aliphatic heterocycles. The van der Waals surface area contributed by atoms with E-state index >= 15 is 0 Å². The highest BCUT2D eigenvalue weighted by Gasteiger charge is 2.77. The molecule has 0 radical (unpaired) electrons. The van der Waals surface area contributed by atoms with Crippen molar-refractivity contribution in [3.63, 3.8) is 0 Å². The van der Waals surface area contributed by atoms with E-state index in [1.807, 2.05) is 48.5 Å². The summed E-state index contributed by atoms with van der Waals surface area (Å²) >= 11 is 0.